The maximum atomic E-state index is 10.8. The third-order valence-corrected chi connectivity index (χ3v) is 2.68. The van der Waals surface area contributed by atoms with E-state index in [1.165, 1.54) is 12.8 Å². The molecule has 13 heavy (non-hydrogen) atoms. The molecular formula is C10H13NO2. The minimum Gasteiger partial charge on any atom is -0.503 e. The van der Waals surface area contributed by atoms with Gasteiger partial charge in [0, 0.05) is 6.20 Å². The van der Waals surface area contributed by atoms with Crippen LogP contribution in [0.4, 0.5) is 0 Å². The summed E-state index contributed by atoms with van der Waals surface area (Å²) >= 11 is 0. The molecule has 1 fully saturated rings. The lowest BCUT2D eigenvalue weighted by molar-refractivity contribution is 0.464. The quantitative estimate of drug-likeness (QED) is 0.721. The zero-order chi connectivity index (χ0) is 9.47. The fourth-order valence-corrected chi connectivity index (χ4v) is 1.50. The first-order chi connectivity index (χ1) is 6.09. The van der Waals surface area contributed by atoms with Crippen LogP contribution in [0.25, 0.3) is 0 Å². The highest BCUT2D eigenvalue weighted by Gasteiger charge is 2.37. The monoisotopic (exact) mass is 179 g/mol. The number of hydrogen-bond donors (Lipinski definition) is 2. The Hall–Kier alpha value is -1.25. The van der Waals surface area contributed by atoms with Crippen LogP contribution < -0.4 is 5.56 Å². The highest BCUT2D eigenvalue weighted by atomic mass is 16.3. The molecule has 1 aromatic rings. The van der Waals surface area contributed by atoms with Crippen LogP contribution in [0.5, 0.6) is 5.75 Å². The average Bonchev–Trinajstić information content (AvgIpc) is 2.76. The van der Waals surface area contributed by atoms with Gasteiger partial charge in [-0.05, 0) is 36.3 Å². The Morgan fingerprint density at radius 3 is 2.85 bits per heavy atom. The van der Waals surface area contributed by atoms with Crippen LogP contribution in [0.1, 0.15) is 25.3 Å². The lowest BCUT2D eigenvalue weighted by Gasteiger charge is -2.07. The molecule has 0 amide bonds. The van der Waals surface area contributed by atoms with E-state index >= 15 is 0 Å². The standard InChI is InChI=1S/C10H13NO2/c1-10(2-3-10)5-7-4-8(12)9(13)11-6-7/h4,6,12H,2-3,5H2,1H3,(H,11,13). The van der Waals surface area contributed by atoms with Gasteiger partial charge in [-0.1, -0.05) is 6.92 Å². The predicted octanol–water partition coefficient (Wildman–Crippen LogP) is 1.42. The molecule has 2 rings (SSSR count). The normalized spacial score (nSPS) is 18.5. The molecule has 0 aliphatic heterocycles. The van der Waals surface area contributed by atoms with Gasteiger partial charge in [0.05, 0.1) is 0 Å². The zero-order valence-corrected chi connectivity index (χ0v) is 7.63. The lowest BCUT2D eigenvalue weighted by atomic mass is 10.0. The molecule has 0 saturated heterocycles. The van der Waals surface area contributed by atoms with Gasteiger partial charge in [-0.3, -0.25) is 4.79 Å². The molecule has 1 saturated carbocycles. The summed E-state index contributed by atoms with van der Waals surface area (Å²) in [6.07, 6.45) is 5.11. The summed E-state index contributed by atoms with van der Waals surface area (Å²) in [5, 5.41) is 9.17. The summed E-state index contributed by atoms with van der Waals surface area (Å²) in [5.41, 5.74) is 1.01. The van der Waals surface area contributed by atoms with E-state index in [-0.39, 0.29) is 5.75 Å². The van der Waals surface area contributed by atoms with E-state index in [9.17, 15) is 9.90 Å². The van der Waals surface area contributed by atoms with Gasteiger partial charge in [0.25, 0.3) is 5.56 Å². The van der Waals surface area contributed by atoms with E-state index in [1.807, 2.05) is 0 Å². The van der Waals surface area contributed by atoms with Crippen molar-refractivity contribution in [1.29, 1.82) is 0 Å². The predicted molar refractivity (Wildman–Crippen MR) is 49.8 cm³/mol. The summed E-state index contributed by atoms with van der Waals surface area (Å²) in [6.45, 7) is 2.22. The molecule has 2 N–H and O–H groups in total. The molecule has 0 unspecified atom stereocenters. The van der Waals surface area contributed by atoms with Crippen molar-refractivity contribution in [3.63, 3.8) is 0 Å². The van der Waals surface area contributed by atoms with Crippen molar-refractivity contribution in [3.8, 4) is 5.75 Å². The Labute approximate surface area is 76.4 Å². The SMILES string of the molecule is CC1(Cc2c[nH]c(=O)c(O)c2)CC1. The molecule has 1 aliphatic carbocycles. The van der Waals surface area contributed by atoms with Crippen LogP contribution in [0.2, 0.25) is 0 Å². The lowest BCUT2D eigenvalue weighted by Crippen LogP contribution is -2.07. The molecule has 3 nitrogen and oxygen atoms in total. The summed E-state index contributed by atoms with van der Waals surface area (Å²) in [6, 6.07) is 1.56. The Bertz CT molecular complexity index is 377. The van der Waals surface area contributed by atoms with Crippen molar-refractivity contribution in [3.05, 3.63) is 28.2 Å². The van der Waals surface area contributed by atoms with Crippen molar-refractivity contribution in [2.24, 2.45) is 5.41 Å². The highest BCUT2D eigenvalue weighted by Crippen LogP contribution is 2.47. The molecule has 1 aromatic heterocycles. The second-order valence-corrected chi connectivity index (χ2v) is 4.21. The molecule has 1 heterocycles. The number of H-pyrrole nitrogens is 1. The number of rotatable bonds is 2. The van der Waals surface area contributed by atoms with Gasteiger partial charge in [0.15, 0.2) is 5.75 Å². The number of pyridine rings is 1. The second kappa shape index (κ2) is 2.62. The smallest absolute Gasteiger partial charge is 0.290 e. The average molecular weight is 179 g/mol. The second-order valence-electron chi connectivity index (χ2n) is 4.21. The Kier molecular flexibility index (Phi) is 1.68. The van der Waals surface area contributed by atoms with E-state index in [2.05, 4.69) is 11.9 Å². The number of hydrogen-bond acceptors (Lipinski definition) is 2. The summed E-state index contributed by atoms with van der Waals surface area (Å²) in [5.74, 6) is -0.179. The van der Waals surface area contributed by atoms with Crippen LogP contribution in [0.15, 0.2) is 17.1 Å². The van der Waals surface area contributed by atoms with Crippen LogP contribution in [-0.4, -0.2) is 10.1 Å². The van der Waals surface area contributed by atoms with Gasteiger partial charge in [-0.15, -0.1) is 0 Å². The van der Waals surface area contributed by atoms with Crippen molar-refractivity contribution in [2.75, 3.05) is 0 Å². The van der Waals surface area contributed by atoms with Crippen LogP contribution in [-0.2, 0) is 6.42 Å². The molecule has 0 radical (unpaired) electrons. The van der Waals surface area contributed by atoms with Crippen LogP contribution in [0, 0.1) is 5.41 Å². The molecule has 0 bridgehead atoms. The topological polar surface area (TPSA) is 53.1 Å². The minimum atomic E-state index is -0.412. The van der Waals surface area contributed by atoms with Crippen molar-refractivity contribution in [1.82, 2.24) is 4.98 Å². The van der Waals surface area contributed by atoms with Gasteiger partial charge in [-0.25, -0.2) is 0 Å². The van der Waals surface area contributed by atoms with Gasteiger partial charge in [-0.2, -0.15) is 0 Å². The fourth-order valence-electron chi connectivity index (χ4n) is 1.50. The van der Waals surface area contributed by atoms with Gasteiger partial charge in [0.1, 0.15) is 0 Å². The minimum absolute atomic E-state index is 0.179. The van der Waals surface area contributed by atoms with Gasteiger partial charge in [0.2, 0.25) is 0 Å². The zero-order valence-electron chi connectivity index (χ0n) is 7.63. The van der Waals surface area contributed by atoms with Gasteiger partial charge < -0.3 is 10.1 Å². The molecule has 0 aromatic carbocycles. The Balaban J connectivity index is 2.22. The van der Waals surface area contributed by atoms with Gasteiger partial charge >= 0.3 is 0 Å². The van der Waals surface area contributed by atoms with Crippen LogP contribution >= 0.6 is 0 Å². The number of nitrogens with one attached hydrogen (secondary N) is 1. The third kappa shape index (κ3) is 1.74. The van der Waals surface area contributed by atoms with E-state index in [1.54, 1.807) is 12.3 Å². The van der Waals surface area contributed by atoms with E-state index in [4.69, 9.17) is 0 Å². The maximum Gasteiger partial charge on any atom is 0.290 e. The molecule has 3 heteroatoms. The molecule has 0 atom stereocenters. The largest absolute Gasteiger partial charge is 0.503 e. The molecule has 70 valence electrons. The Morgan fingerprint density at radius 2 is 2.31 bits per heavy atom. The Morgan fingerprint density at radius 1 is 1.62 bits per heavy atom. The highest BCUT2D eigenvalue weighted by molar-refractivity contribution is 5.24. The summed E-state index contributed by atoms with van der Waals surface area (Å²) < 4.78 is 0. The van der Waals surface area contributed by atoms with E-state index in [0.717, 1.165) is 12.0 Å². The maximum absolute atomic E-state index is 10.8. The van der Waals surface area contributed by atoms with E-state index < -0.39 is 5.56 Å². The van der Waals surface area contributed by atoms with Crippen molar-refractivity contribution < 1.29 is 5.11 Å². The number of aromatic amines is 1. The van der Waals surface area contributed by atoms with Crippen molar-refractivity contribution in [2.45, 2.75) is 26.2 Å². The summed E-state index contributed by atoms with van der Waals surface area (Å²) in [4.78, 5) is 13.4. The number of aromatic hydroxyl groups is 1. The molecule has 0 spiro atoms. The fraction of sp³-hybridized carbons (Fsp3) is 0.500. The molecular weight excluding hydrogens is 166 g/mol. The van der Waals surface area contributed by atoms with Crippen molar-refractivity contribution >= 4 is 0 Å². The first-order valence-corrected chi connectivity index (χ1v) is 4.50. The number of aromatic nitrogens is 1. The van der Waals surface area contributed by atoms with E-state index in [0.29, 0.717) is 5.41 Å². The first kappa shape index (κ1) is 8.35. The summed E-state index contributed by atoms with van der Waals surface area (Å²) in [7, 11) is 0. The molecule has 1 aliphatic rings. The van der Waals surface area contributed by atoms with Crippen LogP contribution in [0.3, 0.4) is 0 Å². The first-order valence-electron chi connectivity index (χ1n) is 4.50. The third-order valence-electron chi connectivity index (χ3n) is 2.68.